The molecule has 0 fully saturated rings. The van der Waals surface area contributed by atoms with E-state index in [4.69, 9.17) is 0 Å². The first kappa shape index (κ1) is 13.1. The Morgan fingerprint density at radius 2 is 1.85 bits per heavy atom. The topological polar surface area (TPSA) is 34.9 Å². The Labute approximate surface area is 125 Å². The van der Waals surface area contributed by atoms with E-state index in [9.17, 15) is 4.79 Å². The summed E-state index contributed by atoms with van der Waals surface area (Å²) in [5.41, 5.74) is 2.72. The summed E-state index contributed by atoms with van der Waals surface area (Å²) in [5.74, 6) is 0.770. The minimum atomic E-state index is 0.0403. The number of para-hydroxylation sites is 2. The van der Waals surface area contributed by atoms with Crippen molar-refractivity contribution < 1.29 is 4.79 Å². The first-order valence-corrected chi connectivity index (χ1v) is 7.16. The molecule has 0 saturated heterocycles. The predicted octanol–water partition coefficient (Wildman–Crippen LogP) is 3.99. The normalized spacial score (nSPS) is 10.9. The second-order valence-electron chi connectivity index (χ2n) is 4.68. The maximum absolute atomic E-state index is 12.5. The van der Waals surface area contributed by atoms with Crippen LogP contribution >= 0.6 is 15.9 Å². The standard InChI is InChI=1S/C16H13BrN2O/c1-11-18-14-4-2-3-5-15(14)19(11)16(20)10-12-6-8-13(17)9-7-12/h2-9H,10H2,1H3. The zero-order chi connectivity index (χ0) is 14.1. The molecule has 4 heteroatoms. The lowest BCUT2D eigenvalue weighted by molar-refractivity contribution is 0.0916. The molecule has 0 radical (unpaired) electrons. The lowest BCUT2D eigenvalue weighted by Crippen LogP contribution is -2.14. The van der Waals surface area contributed by atoms with Crippen LogP contribution in [0.2, 0.25) is 0 Å². The summed E-state index contributed by atoms with van der Waals surface area (Å²) >= 11 is 3.39. The minimum Gasteiger partial charge on any atom is -0.274 e. The molecule has 100 valence electrons. The number of nitrogens with zero attached hydrogens (tertiary/aromatic N) is 2. The number of hydrogen-bond acceptors (Lipinski definition) is 2. The molecule has 20 heavy (non-hydrogen) atoms. The van der Waals surface area contributed by atoms with Gasteiger partial charge in [0.15, 0.2) is 0 Å². The van der Waals surface area contributed by atoms with Gasteiger partial charge in [-0.1, -0.05) is 40.2 Å². The zero-order valence-electron chi connectivity index (χ0n) is 11.0. The smallest absolute Gasteiger partial charge is 0.236 e. The number of rotatable bonds is 2. The van der Waals surface area contributed by atoms with Crippen molar-refractivity contribution in [3.63, 3.8) is 0 Å². The summed E-state index contributed by atoms with van der Waals surface area (Å²) in [5, 5.41) is 0. The van der Waals surface area contributed by atoms with Gasteiger partial charge in [-0.15, -0.1) is 0 Å². The van der Waals surface area contributed by atoms with E-state index in [1.165, 1.54) is 0 Å². The number of fused-ring (bicyclic) bond motifs is 1. The molecule has 1 aromatic heterocycles. The van der Waals surface area contributed by atoms with Gasteiger partial charge < -0.3 is 0 Å². The quantitative estimate of drug-likeness (QED) is 0.712. The second-order valence-corrected chi connectivity index (χ2v) is 5.60. The van der Waals surface area contributed by atoms with Crippen molar-refractivity contribution in [2.45, 2.75) is 13.3 Å². The molecule has 0 aliphatic carbocycles. The highest BCUT2D eigenvalue weighted by atomic mass is 79.9. The van der Waals surface area contributed by atoms with E-state index in [1.807, 2.05) is 55.5 Å². The third-order valence-electron chi connectivity index (χ3n) is 3.25. The number of aromatic nitrogens is 2. The van der Waals surface area contributed by atoms with Crippen LogP contribution in [0.15, 0.2) is 53.0 Å². The highest BCUT2D eigenvalue weighted by Gasteiger charge is 2.14. The van der Waals surface area contributed by atoms with Crippen molar-refractivity contribution >= 4 is 32.9 Å². The van der Waals surface area contributed by atoms with E-state index in [-0.39, 0.29) is 5.91 Å². The molecule has 0 aliphatic rings. The monoisotopic (exact) mass is 328 g/mol. The van der Waals surface area contributed by atoms with Gasteiger partial charge in [-0.05, 0) is 36.8 Å². The van der Waals surface area contributed by atoms with Gasteiger partial charge in [0.25, 0.3) is 0 Å². The van der Waals surface area contributed by atoms with E-state index in [0.29, 0.717) is 6.42 Å². The van der Waals surface area contributed by atoms with Gasteiger partial charge in [-0.25, -0.2) is 4.98 Å². The van der Waals surface area contributed by atoms with Crippen molar-refractivity contribution in [1.29, 1.82) is 0 Å². The molecule has 0 atom stereocenters. The number of halogens is 1. The zero-order valence-corrected chi connectivity index (χ0v) is 12.6. The molecule has 0 saturated carbocycles. The first-order valence-electron chi connectivity index (χ1n) is 6.37. The molecular formula is C16H13BrN2O. The number of aryl methyl sites for hydroxylation is 1. The molecule has 0 N–H and O–H groups in total. The first-order chi connectivity index (χ1) is 9.65. The third kappa shape index (κ3) is 2.39. The Bertz CT molecular complexity index is 775. The van der Waals surface area contributed by atoms with Crippen LogP contribution < -0.4 is 0 Å². The molecule has 0 aliphatic heterocycles. The van der Waals surface area contributed by atoms with Crippen LogP contribution in [0.25, 0.3) is 11.0 Å². The maximum atomic E-state index is 12.5. The van der Waals surface area contributed by atoms with Gasteiger partial charge in [0.2, 0.25) is 5.91 Å². The van der Waals surface area contributed by atoms with E-state index < -0.39 is 0 Å². The van der Waals surface area contributed by atoms with Crippen molar-refractivity contribution in [1.82, 2.24) is 9.55 Å². The van der Waals surface area contributed by atoms with E-state index in [0.717, 1.165) is 26.9 Å². The van der Waals surface area contributed by atoms with Gasteiger partial charge in [0, 0.05) is 4.47 Å². The number of hydrogen-bond donors (Lipinski definition) is 0. The summed E-state index contributed by atoms with van der Waals surface area (Å²) < 4.78 is 2.70. The van der Waals surface area contributed by atoms with Crippen molar-refractivity contribution in [3.05, 3.63) is 64.4 Å². The minimum absolute atomic E-state index is 0.0403. The van der Waals surface area contributed by atoms with Gasteiger partial charge in [-0.2, -0.15) is 0 Å². The fraction of sp³-hybridized carbons (Fsp3) is 0.125. The average molecular weight is 329 g/mol. The Kier molecular flexibility index (Phi) is 3.40. The van der Waals surface area contributed by atoms with Crippen molar-refractivity contribution in [2.24, 2.45) is 0 Å². The predicted molar refractivity (Wildman–Crippen MR) is 82.9 cm³/mol. The lowest BCUT2D eigenvalue weighted by atomic mass is 10.1. The highest BCUT2D eigenvalue weighted by Crippen LogP contribution is 2.17. The van der Waals surface area contributed by atoms with Crippen LogP contribution in [-0.4, -0.2) is 15.5 Å². The summed E-state index contributed by atoms with van der Waals surface area (Å²) in [6.07, 6.45) is 0.370. The Morgan fingerprint density at radius 1 is 1.15 bits per heavy atom. The Balaban J connectivity index is 1.96. The van der Waals surface area contributed by atoms with Gasteiger partial charge in [-0.3, -0.25) is 9.36 Å². The summed E-state index contributed by atoms with van der Waals surface area (Å²) in [6, 6.07) is 15.5. The molecule has 0 unspecified atom stereocenters. The van der Waals surface area contributed by atoms with Crippen LogP contribution in [0.1, 0.15) is 16.2 Å². The maximum Gasteiger partial charge on any atom is 0.236 e. The Morgan fingerprint density at radius 3 is 2.60 bits per heavy atom. The largest absolute Gasteiger partial charge is 0.274 e. The van der Waals surface area contributed by atoms with Crippen LogP contribution in [0.5, 0.6) is 0 Å². The third-order valence-corrected chi connectivity index (χ3v) is 3.78. The molecular weight excluding hydrogens is 316 g/mol. The molecule has 0 bridgehead atoms. The summed E-state index contributed by atoms with van der Waals surface area (Å²) in [7, 11) is 0. The van der Waals surface area contributed by atoms with Crippen molar-refractivity contribution in [3.8, 4) is 0 Å². The van der Waals surface area contributed by atoms with Crippen LogP contribution in [-0.2, 0) is 6.42 Å². The van der Waals surface area contributed by atoms with Crippen LogP contribution in [0.3, 0.4) is 0 Å². The van der Waals surface area contributed by atoms with E-state index in [1.54, 1.807) is 4.57 Å². The fourth-order valence-electron chi connectivity index (χ4n) is 2.32. The van der Waals surface area contributed by atoms with E-state index >= 15 is 0 Å². The van der Waals surface area contributed by atoms with Crippen LogP contribution in [0.4, 0.5) is 0 Å². The fourth-order valence-corrected chi connectivity index (χ4v) is 2.58. The van der Waals surface area contributed by atoms with E-state index in [2.05, 4.69) is 20.9 Å². The van der Waals surface area contributed by atoms with Crippen LogP contribution in [0, 0.1) is 6.92 Å². The average Bonchev–Trinajstić information content (AvgIpc) is 2.77. The molecule has 3 rings (SSSR count). The highest BCUT2D eigenvalue weighted by molar-refractivity contribution is 9.10. The Hall–Kier alpha value is -1.94. The van der Waals surface area contributed by atoms with Gasteiger partial charge in [0.05, 0.1) is 17.5 Å². The summed E-state index contributed by atoms with van der Waals surface area (Å²) in [4.78, 5) is 16.9. The van der Waals surface area contributed by atoms with Crippen molar-refractivity contribution in [2.75, 3.05) is 0 Å². The lowest BCUT2D eigenvalue weighted by Gasteiger charge is -2.06. The number of carbonyl (C=O) groups is 1. The van der Waals surface area contributed by atoms with Gasteiger partial charge >= 0.3 is 0 Å². The number of benzene rings is 2. The molecule has 0 spiro atoms. The molecule has 3 nitrogen and oxygen atoms in total. The number of carbonyl (C=O) groups excluding carboxylic acids is 1. The molecule has 2 aromatic carbocycles. The molecule has 0 amide bonds. The summed E-state index contributed by atoms with van der Waals surface area (Å²) in [6.45, 7) is 1.86. The molecule has 3 aromatic rings. The van der Waals surface area contributed by atoms with Gasteiger partial charge in [0.1, 0.15) is 5.82 Å². The number of imidazole rings is 1. The second kappa shape index (κ2) is 5.21. The SMILES string of the molecule is Cc1nc2ccccc2n1C(=O)Cc1ccc(Br)cc1. The molecule has 1 heterocycles.